The molecule has 3 nitrogen and oxygen atoms in total. The molecule has 1 aromatic carbocycles. The van der Waals surface area contributed by atoms with E-state index in [2.05, 4.69) is 4.74 Å². The lowest BCUT2D eigenvalue weighted by Crippen LogP contribution is -2.12. The van der Waals surface area contributed by atoms with E-state index in [1.165, 1.54) is 0 Å². The Morgan fingerprint density at radius 2 is 1.52 bits per heavy atom. The van der Waals surface area contributed by atoms with Crippen LogP contribution in [-0.2, 0) is 21.9 Å². The van der Waals surface area contributed by atoms with Crippen LogP contribution < -0.4 is 0 Å². The van der Waals surface area contributed by atoms with Crippen LogP contribution in [0.2, 0.25) is 0 Å². The molecule has 0 bridgehead atoms. The predicted molar refractivity (Wildman–Crippen MR) is 59.2 cm³/mol. The second kappa shape index (κ2) is 5.66. The maximum atomic E-state index is 12.6. The molecule has 1 N–H and O–H groups in total. The Bertz CT molecular complexity index is 536. The van der Waals surface area contributed by atoms with E-state index in [0.29, 0.717) is 18.2 Å². The minimum Gasteiger partial charge on any atom is -0.507 e. The largest absolute Gasteiger partial charge is 0.507 e. The van der Waals surface area contributed by atoms with Crippen LogP contribution >= 0.6 is 0 Å². The number of halogens is 6. The van der Waals surface area contributed by atoms with Crippen LogP contribution in [0.3, 0.4) is 0 Å². The Hall–Kier alpha value is -2.19. The minimum absolute atomic E-state index is 0.296. The molecule has 21 heavy (non-hydrogen) atoms. The number of hydrogen-bond acceptors (Lipinski definition) is 3. The van der Waals surface area contributed by atoms with Crippen molar-refractivity contribution < 1.29 is 41.0 Å². The number of phenolic OH excluding ortho intramolecular Hbond substituents is 1. The van der Waals surface area contributed by atoms with Gasteiger partial charge in [-0.3, -0.25) is 0 Å². The second-order valence-electron chi connectivity index (χ2n) is 3.82. The quantitative estimate of drug-likeness (QED) is 0.515. The monoisotopic (exact) mass is 314 g/mol. The molecule has 0 aliphatic rings. The van der Waals surface area contributed by atoms with Crippen molar-refractivity contribution >= 4 is 12.0 Å². The second-order valence-corrected chi connectivity index (χ2v) is 3.82. The van der Waals surface area contributed by atoms with Crippen molar-refractivity contribution in [3.05, 3.63) is 34.9 Å². The molecule has 0 spiro atoms. The molecule has 0 radical (unpaired) electrons. The molecule has 1 rings (SSSR count). The molecule has 0 aliphatic carbocycles. The summed E-state index contributed by atoms with van der Waals surface area (Å²) in [5.74, 6) is -2.87. The van der Waals surface area contributed by atoms with Gasteiger partial charge in [0.15, 0.2) is 0 Å². The first-order valence-electron chi connectivity index (χ1n) is 5.24. The van der Waals surface area contributed by atoms with Gasteiger partial charge in [-0.25, -0.2) is 4.79 Å². The third-order valence-corrected chi connectivity index (χ3v) is 2.36. The van der Waals surface area contributed by atoms with Crippen LogP contribution in [0, 0.1) is 0 Å². The topological polar surface area (TPSA) is 46.5 Å². The zero-order chi connectivity index (χ0) is 16.4. The number of benzene rings is 1. The van der Waals surface area contributed by atoms with Crippen molar-refractivity contribution in [3.8, 4) is 5.75 Å². The maximum Gasteiger partial charge on any atom is 0.419 e. The summed E-state index contributed by atoms with van der Waals surface area (Å²) in [6.45, 7) is 0. The number of carbonyl (C=O) groups excluding carboxylic acids is 1. The molecular weight excluding hydrogens is 306 g/mol. The van der Waals surface area contributed by atoms with Crippen molar-refractivity contribution in [1.82, 2.24) is 0 Å². The Morgan fingerprint density at radius 3 is 1.86 bits per heavy atom. The van der Waals surface area contributed by atoms with Gasteiger partial charge in [-0.1, -0.05) is 0 Å². The lowest BCUT2D eigenvalue weighted by atomic mass is 10.0. The van der Waals surface area contributed by atoms with E-state index in [9.17, 15) is 31.1 Å². The van der Waals surface area contributed by atoms with E-state index >= 15 is 0 Å². The summed E-state index contributed by atoms with van der Waals surface area (Å²) in [6.07, 6.45) is -8.99. The normalized spacial score (nSPS) is 12.7. The molecule has 0 atom stereocenters. The average molecular weight is 314 g/mol. The van der Waals surface area contributed by atoms with Gasteiger partial charge in [-0.05, 0) is 23.8 Å². The van der Waals surface area contributed by atoms with Crippen molar-refractivity contribution in [2.24, 2.45) is 0 Å². The molecule has 0 saturated carbocycles. The molecule has 0 heterocycles. The highest BCUT2D eigenvalue weighted by molar-refractivity contribution is 5.87. The molecule has 0 aromatic heterocycles. The van der Waals surface area contributed by atoms with E-state index in [0.717, 1.165) is 13.2 Å². The summed E-state index contributed by atoms with van der Waals surface area (Å²) >= 11 is 0. The third-order valence-electron chi connectivity index (χ3n) is 2.36. The molecule has 0 aliphatic heterocycles. The van der Waals surface area contributed by atoms with Crippen molar-refractivity contribution in [3.63, 3.8) is 0 Å². The first-order chi connectivity index (χ1) is 9.46. The first-order valence-corrected chi connectivity index (χ1v) is 5.24. The fraction of sp³-hybridized carbons (Fsp3) is 0.250. The van der Waals surface area contributed by atoms with Gasteiger partial charge in [0.2, 0.25) is 0 Å². The number of carbonyl (C=O) groups is 1. The van der Waals surface area contributed by atoms with Crippen LogP contribution in [0.4, 0.5) is 26.3 Å². The summed E-state index contributed by atoms with van der Waals surface area (Å²) in [7, 11) is 0.992. The highest BCUT2D eigenvalue weighted by atomic mass is 19.4. The molecular formula is C12H8F6O3. The van der Waals surface area contributed by atoms with Crippen molar-refractivity contribution in [2.45, 2.75) is 12.4 Å². The van der Waals surface area contributed by atoms with E-state index < -0.39 is 40.8 Å². The number of rotatable bonds is 2. The molecule has 0 fully saturated rings. The zero-order valence-electron chi connectivity index (χ0n) is 10.3. The molecule has 1 aromatic rings. The summed E-state index contributed by atoms with van der Waals surface area (Å²) in [5.41, 5.74) is -4.25. The highest BCUT2D eigenvalue weighted by Crippen LogP contribution is 2.44. The number of aromatic hydroxyl groups is 1. The lowest BCUT2D eigenvalue weighted by Gasteiger charge is -2.15. The lowest BCUT2D eigenvalue weighted by molar-refractivity contribution is -0.145. The Balaban J connectivity index is 3.48. The predicted octanol–water partition coefficient (Wildman–Crippen LogP) is 3.62. The van der Waals surface area contributed by atoms with Crippen LogP contribution in [0.15, 0.2) is 18.2 Å². The van der Waals surface area contributed by atoms with Crippen molar-refractivity contribution in [1.29, 1.82) is 0 Å². The number of methoxy groups -OCH3 is 1. The summed E-state index contributed by atoms with van der Waals surface area (Å²) in [4.78, 5) is 10.8. The summed E-state index contributed by atoms with van der Waals surface area (Å²) < 4.78 is 79.9. The number of hydrogen-bond donors (Lipinski definition) is 1. The summed E-state index contributed by atoms with van der Waals surface area (Å²) in [6, 6.07) is 0.591. The first kappa shape index (κ1) is 16.9. The fourth-order valence-electron chi connectivity index (χ4n) is 1.42. The molecule has 116 valence electrons. The van der Waals surface area contributed by atoms with Gasteiger partial charge in [-0.15, -0.1) is 0 Å². The molecule has 0 saturated heterocycles. The van der Waals surface area contributed by atoms with Crippen LogP contribution in [-0.4, -0.2) is 18.2 Å². The van der Waals surface area contributed by atoms with Gasteiger partial charge < -0.3 is 9.84 Å². The Morgan fingerprint density at radius 1 is 1.10 bits per heavy atom. The van der Waals surface area contributed by atoms with Crippen LogP contribution in [0.1, 0.15) is 16.7 Å². The average Bonchev–Trinajstić information content (AvgIpc) is 2.34. The number of phenols is 1. The zero-order valence-corrected chi connectivity index (χ0v) is 10.3. The smallest absolute Gasteiger partial charge is 0.419 e. The van der Waals surface area contributed by atoms with Gasteiger partial charge in [0.25, 0.3) is 0 Å². The van der Waals surface area contributed by atoms with E-state index in [1.54, 1.807) is 0 Å². The van der Waals surface area contributed by atoms with Gasteiger partial charge in [0.05, 0.1) is 18.2 Å². The Labute approximate surface area is 114 Å². The minimum atomic E-state index is -5.18. The number of esters is 1. The van der Waals surface area contributed by atoms with Crippen LogP contribution in [0.25, 0.3) is 6.08 Å². The van der Waals surface area contributed by atoms with Gasteiger partial charge in [0, 0.05) is 6.08 Å². The number of alkyl halides is 6. The van der Waals surface area contributed by atoms with Crippen LogP contribution in [0.5, 0.6) is 5.75 Å². The van der Waals surface area contributed by atoms with Gasteiger partial charge in [-0.2, -0.15) is 26.3 Å². The van der Waals surface area contributed by atoms with Crippen molar-refractivity contribution in [2.75, 3.05) is 7.11 Å². The SMILES string of the molecule is COC(=O)/C=C/c1cc(C(F)(F)F)c(O)c(C(F)(F)F)c1. The third kappa shape index (κ3) is 4.14. The fourth-order valence-corrected chi connectivity index (χ4v) is 1.42. The van der Waals surface area contributed by atoms with Gasteiger partial charge in [0.1, 0.15) is 5.75 Å². The molecule has 0 unspecified atom stereocenters. The summed E-state index contributed by atoms with van der Waals surface area (Å²) in [5, 5.41) is 9.15. The maximum absolute atomic E-state index is 12.6. The van der Waals surface area contributed by atoms with Gasteiger partial charge >= 0.3 is 18.3 Å². The highest BCUT2D eigenvalue weighted by Gasteiger charge is 2.41. The molecule has 0 amide bonds. The van der Waals surface area contributed by atoms with E-state index in [-0.39, 0.29) is 0 Å². The Kier molecular flexibility index (Phi) is 4.55. The molecule has 9 heteroatoms. The van der Waals surface area contributed by atoms with E-state index in [1.807, 2.05) is 0 Å². The van der Waals surface area contributed by atoms with E-state index in [4.69, 9.17) is 5.11 Å². The standard InChI is InChI=1S/C12H8F6O3/c1-21-9(19)3-2-6-4-7(11(13,14)15)10(20)8(5-6)12(16,17)18/h2-5,20H,1H3/b3-2+. The number of ether oxygens (including phenoxy) is 1.